The van der Waals surface area contributed by atoms with Gasteiger partial charge in [-0.05, 0) is 55.7 Å². The Bertz CT molecular complexity index is 1350. The highest BCUT2D eigenvalue weighted by Gasteiger charge is 2.25. The van der Waals surface area contributed by atoms with Crippen molar-refractivity contribution >= 4 is 40.1 Å². The lowest BCUT2D eigenvalue weighted by atomic mass is 10.1. The van der Waals surface area contributed by atoms with Gasteiger partial charge in [-0.15, -0.1) is 11.3 Å². The maximum Gasteiger partial charge on any atom is 0.268 e. The maximum atomic E-state index is 13.2. The maximum absolute atomic E-state index is 13.2. The summed E-state index contributed by atoms with van der Waals surface area (Å²) in [7, 11) is 0. The minimum atomic E-state index is -0.202. The van der Waals surface area contributed by atoms with E-state index in [1.165, 1.54) is 17.4 Å². The molecule has 1 aliphatic rings. The molecule has 0 saturated carbocycles. The van der Waals surface area contributed by atoms with E-state index in [1.807, 2.05) is 47.4 Å². The number of carbonyl (C=O) groups excluding carboxylic acids is 2. The van der Waals surface area contributed by atoms with E-state index in [2.05, 4.69) is 26.7 Å². The Labute approximate surface area is 201 Å². The first-order valence-electron chi connectivity index (χ1n) is 11.2. The lowest BCUT2D eigenvalue weighted by Crippen LogP contribution is -2.30. The number of fused-ring (bicyclic) bond motifs is 1. The van der Waals surface area contributed by atoms with Crippen LogP contribution in [0.2, 0.25) is 0 Å². The largest absolute Gasteiger partial charge is 0.339 e. The fourth-order valence-electron chi connectivity index (χ4n) is 4.40. The average Bonchev–Trinajstić information content (AvgIpc) is 3.43. The van der Waals surface area contributed by atoms with E-state index in [9.17, 15) is 9.59 Å². The predicted octanol–water partition coefficient (Wildman–Crippen LogP) is 4.55. The lowest BCUT2D eigenvalue weighted by molar-refractivity contribution is -0.125. The van der Waals surface area contributed by atoms with Crippen LogP contribution in [0.4, 0.5) is 5.95 Å². The van der Waals surface area contributed by atoms with Gasteiger partial charge in [0.2, 0.25) is 11.9 Å². The van der Waals surface area contributed by atoms with E-state index in [0.717, 1.165) is 40.7 Å². The summed E-state index contributed by atoms with van der Waals surface area (Å²) in [6, 6.07) is 13.6. The molecule has 0 spiro atoms. The van der Waals surface area contributed by atoms with Crippen molar-refractivity contribution in [2.75, 3.05) is 18.4 Å². The molecule has 2 amide bonds. The molecule has 172 valence electrons. The average molecular weight is 473 g/mol. The van der Waals surface area contributed by atoms with Gasteiger partial charge >= 0.3 is 0 Å². The highest BCUT2D eigenvalue weighted by Crippen LogP contribution is 2.32. The first-order valence-corrected chi connectivity index (χ1v) is 12.0. The van der Waals surface area contributed by atoms with Crippen LogP contribution in [-0.4, -0.2) is 49.6 Å². The second kappa shape index (κ2) is 9.56. The number of carbonyl (C=O) groups is 2. The second-order valence-electron chi connectivity index (χ2n) is 8.16. The number of benzene rings is 1. The molecule has 4 heterocycles. The molecule has 1 N–H and O–H groups in total. The minimum absolute atomic E-state index is 0.0393. The fraction of sp³-hybridized carbons (Fsp3) is 0.240. The number of amides is 2. The van der Waals surface area contributed by atoms with Crippen LogP contribution in [0.15, 0.2) is 67.5 Å². The summed E-state index contributed by atoms with van der Waals surface area (Å²) in [4.78, 5) is 33.4. The molecular weight excluding hydrogens is 448 g/mol. The zero-order valence-electron chi connectivity index (χ0n) is 18.6. The number of nitrogens with zero attached hydrogens (tertiary/aromatic N) is 5. The summed E-state index contributed by atoms with van der Waals surface area (Å²) in [6.07, 6.45) is 7.23. The van der Waals surface area contributed by atoms with Crippen LogP contribution in [0.5, 0.6) is 0 Å². The first kappa shape index (κ1) is 22.0. The van der Waals surface area contributed by atoms with Crippen LogP contribution in [0.1, 0.15) is 35.0 Å². The molecule has 5 rings (SSSR count). The molecule has 0 unspecified atom stereocenters. The van der Waals surface area contributed by atoms with Gasteiger partial charge in [0.1, 0.15) is 0 Å². The Morgan fingerprint density at radius 2 is 1.97 bits per heavy atom. The Hall–Kier alpha value is -3.85. The van der Waals surface area contributed by atoms with Gasteiger partial charge in [0, 0.05) is 29.6 Å². The molecule has 34 heavy (non-hydrogen) atoms. The number of aromatic nitrogens is 4. The summed E-state index contributed by atoms with van der Waals surface area (Å²) in [6.45, 7) is 4.96. The summed E-state index contributed by atoms with van der Waals surface area (Å²) in [5, 5.41) is 10.8. The number of hydrogen-bond acceptors (Lipinski definition) is 6. The second-order valence-corrected chi connectivity index (χ2v) is 9.24. The fourth-order valence-corrected chi connectivity index (χ4v) is 5.29. The standard InChI is InChI=1S/C25H24N6O2S/c1-2-23(32)30-14-5-6-18(12-15-30)31-20-8-4-3-7-19(20)28-25(31)29-24(33)22-10-9-21(34-22)17-11-13-26-27-16-17/h2-4,7-11,13,16,18H,1,5-6,12,14-15H2,(H,28,29,33)/t18-/m1/s1. The summed E-state index contributed by atoms with van der Waals surface area (Å²) in [5.41, 5.74) is 2.72. The highest BCUT2D eigenvalue weighted by molar-refractivity contribution is 7.17. The number of likely N-dealkylation sites (tertiary alicyclic amines) is 1. The molecule has 1 aliphatic heterocycles. The summed E-state index contributed by atoms with van der Waals surface area (Å²) in [5.74, 6) is 0.287. The summed E-state index contributed by atoms with van der Waals surface area (Å²) < 4.78 is 2.12. The van der Waals surface area contributed by atoms with Crippen molar-refractivity contribution in [3.63, 3.8) is 0 Å². The molecule has 0 aliphatic carbocycles. The zero-order valence-corrected chi connectivity index (χ0v) is 19.4. The van der Waals surface area contributed by atoms with Gasteiger partial charge in [-0.3, -0.25) is 14.9 Å². The van der Waals surface area contributed by atoms with Crippen molar-refractivity contribution in [3.05, 3.63) is 72.4 Å². The van der Waals surface area contributed by atoms with E-state index >= 15 is 0 Å². The quantitative estimate of drug-likeness (QED) is 0.430. The molecule has 9 heteroatoms. The van der Waals surface area contributed by atoms with Crippen LogP contribution in [-0.2, 0) is 4.79 Å². The number of hydrogen-bond donors (Lipinski definition) is 1. The van der Waals surface area contributed by atoms with Crippen LogP contribution < -0.4 is 5.32 Å². The Morgan fingerprint density at radius 1 is 1.09 bits per heavy atom. The molecule has 1 aromatic carbocycles. The van der Waals surface area contributed by atoms with E-state index in [-0.39, 0.29) is 17.9 Å². The van der Waals surface area contributed by atoms with Crippen molar-refractivity contribution < 1.29 is 9.59 Å². The van der Waals surface area contributed by atoms with Crippen LogP contribution in [0, 0.1) is 0 Å². The Balaban J connectivity index is 1.42. The van der Waals surface area contributed by atoms with Gasteiger partial charge in [-0.25, -0.2) is 4.98 Å². The van der Waals surface area contributed by atoms with Crippen molar-refractivity contribution in [1.82, 2.24) is 24.6 Å². The Morgan fingerprint density at radius 3 is 2.79 bits per heavy atom. The van der Waals surface area contributed by atoms with Gasteiger partial charge in [0.25, 0.3) is 5.91 Å². The highest BCUT2D eigenvalue weighted by atomic mass is 32.1. The number of anilines is 1. The van der Waals surface area contributed by atoms with Crippen molar-refractivity contribution in [2.24, 2.45) is 0 Å². The molecule has 0 bridgehead atoms. The third-order valence-electron chi connectivity index (χ3n) is 6.07. The molecule has 8 nitrogen and oxygen atoms in total. The van der Waals surface area contributed by atoms with Crippen molar-refractivity contribution in [2.45, 2.75) is 25.3 Å². The van der Waals surface area contributed by atoms with Crippen LogP contribution in [0.3, 0.4) is 0 Å². The molecule has 1 atom stereocenters. The first-order chi connectivity index (χ1) is 16.6. The number of imidazole rings is 1. The van der Waals surface area contributed by atoms with Gasteiger partial charge in [-0.1, -0.05) is 18.7 Å². The third kappa shape index (κ3) is 4.34. The van der Waals surface area contributed by atoms with Crippen LogP contribution in [0.25, 0.3) is 21.5 Å². The number of para-hydroxylation sites is 2. The van der Waals surface area contributed by atoms with Gasteiger partial charge in [0.05, 0.1) is 28.3 Å². The SMILES string of the molecule is C=CC(=O)N1CCC[C@@H](n2c(NC(=O)c3ccc(-c4ccnnc4)s3)nc3ccccc32)CC1. The van der Waals surface area contributed by atoms with Gasteiger partial charge in [0.15, 0.2) is 0 Å². The number of rotatable bonds is 5. The summed E-state index contributed by atoms with van der Waals surface area (Å²) >= 11 is 1.40. The number of thiophene rings is 1. The monoisotopic (exact) mass is 472 g/mol. The third-order valence-corrected chi connectivity index (χ3v) is 7.20. The molecular formula is C25H24N6O2S. The topological polar surface area (TPSA) is 93.0 Å². The van der Waals surface area contributed by atoms with Crippen LogP contribution >= 0.6 is 11.3 Å². The normalized spacial score (nSPS) is 16.2. The lowest BCUT2D eigenvalue weighted by Gasteiger charge is -2.21. The van der Waals surface area contributed by atoms with Crippen molar-refractivity contribution in [1.29, 1.82) is 0 Å². The molecule has 1 fully saturated rings. The van der Waals surface area contributed by atoms with Gasteiger partial charge < -0.3 is 9.47 Å². The van der Waals surface area contributed by atoms with Gasteiger partial charge in [-0.2, -0.15) is 10.2 Å². The molecule has 0 radical (unpaired) electrons. The molecule has 1 saturated heterocycles. The van der Waals surface area contributed by atoms with Crippen molar-refractivity contribution in [3.8, 4) is 10.4 Å². The number of nitrogens with one attached hydrogen (secondary N) is 1. The minimum Gasteiger partial charge on any atom is -0.339 e. The molecule has 4 aromatic rings. The Kier molecular flexibility index (Phi) is 6.18. The predicted molar refractivity (Wildman–Crippen MR) is 133 cm³/mol. The van der Waals surface area contributed by atoms with E-state index in [1.54, 1.807) is 12.4 Å². The smallest absolute Gasteiger partial charge is 0.268 e. The van der Waals surface area contributed by atoms with E-state index < -0.39 is 0 Å². The van der Waals surface area contributed by atoms with E-state index in [4.69, 9.17) is 4.98 Å². The molecule has 3 aromatic heterocycles. The van der Waals surface area contributed by atoms with E-state index in [0.29, 0.717) is 23.9 Å². The zero-order chi connectivity index (χ0) is 23.5.